The second-order valence-electron chi connectivity index (χ2n) is 2.56. The van der Waals surface area contributed by atoms with E-state index in [9.17, 15) is 0 Å². The smallest absolute Gasteiger partial charge is 0.0266 e. The maximum absolute atomic E-state index is 5.67. The van der Waals surface area contributed by atoms with Crippen LogP contribution in [0.4, 0.5) is 0 Å². The lowest BCUT2D eigenvalue weighted by molar-refractivity contribution is 0.818. The van der Waals surface area contributed by atoms with Crippen LogP contribution in [-0.2, 0) is 0 Å². The lowest BCUT2D eigenvalue weighted by atomic mass is 10.1. The van der Waals surface area contributed by atoms with Crippen molar-refractivity contribution in [2.75, 3.05) is 0 Å². The van der Waals surface area contributed by atoms with Crippen molar-refractivity contribution < 1.29 is 0 Å². The van der Waals surface area contributed by atoms with Gasteiger partial charge in [-0.25, -0.2) is 0 Å². The second-order valence-corrected chi connectivity index (χ2v) is 2.56. The molecule has 0 aliphatic heterocycles. The quantitative estimate of drug-likeness (QED) is 0.598. The zero-order chi connectivity index (χ0) is 8.27. The van der Waals surface area contributed by atoms with Crippen LogP contribution < -0.4 is 5.73 Å². The summed E-state index contributed by atoms with van der Waals surface area (Å²) in [6.45, 7) is 1.94. The normalized spacial score (nSPS) is 12.1. The van der Waals surface area contributed by atoms with E-state index in [0.717, 1.165) is 11.1 Å². The van der Waals surface area contributed by atoms with Crippen molar-refractivity contribution in [1.29, 1.82) is 0 Å². The molecule has 0 amide bonds. The summed E-state index contributed by atoms with van der Waals surface area (Å²) < 4.78 is 0. The van der Waals surface area contributed by atoms with Crippen LogP contribution in [0.2, 0.25) is 0 Å². The third-order valence-electron chi connectivity index (χ3n) is 1.58. The van der Waals surface area contributed by atoms with Crippen molar-refractivity contribution >= 4 is 0 Å². The first-order chi connectivity index (χ1) is 5.24. The molecule has 0 saturated carbocycles. The number of hydrogen-bond donors (Lipinski definition) is 1. The Hall–Kier alpha value is -1.26. The molecule has 0 heterocycles. The van der Waals surface area contributed by atoms with Gasteiger partial charge in [-0.15, -0.1) is 6.42 Å². The fraction of sp³-hybridized carbons (Fsp3) is 0.200. The Morgan fingerprint density at radius 1 is 1.55 bits per heavy atom. The first kappa shape index (κ1) is 7.84. The Kier molecular flexibility index (Phi) is 2.30. The Bertz CT molecular complexity index is 281. The number of nitrogens with two attached hydrogens (primary N) is 1. The number of rotatable bonds is 1. The van der Waals surface area contributed by atoms with Crippen molar-refractivity contribution in [2.45, 2.75) is 13.0 Å². The summed E-state index contributed by atoms with van der Waals surface area (Å²) in [5, 5.41) is 0. The molecule has 1 heteroatoms. The lowest BCUT2D eigenvalue weighted by Gasteiger charge is -2.04. The minimum absolute atomic E-state index is 0.0586. The Morgan fingerprint density at radius 3 is 2.82 bits per heavy atom. The predicted octanol–water partition coefficient (Wildman–Crippen LogP) is 1.69. The minimum atomic E-state index is 0.0586. The van der Waals surface area contributed by atoms with Crippen molar-refractivity contribution in [3.8, 4) is 12.3 Å². The molecular formula is C10H11N. The van der Waals surface area contributed by atoms with Gasteiger partial charge in [0.15, 0.2) is 0 Å². The average molecular weight is 145 g/mol. The number of terminal acetylenes is 1. The van der Waals surface area contributed by atoms with Crippen molar-refractivity contribution in [1.82, 2.24) is 0 Å². The molecule has 0 bridgehead atoms. The molecule has 0 aliphatic rings. The summed E-state index contributed by atoms with van der Waals surface area (Å²) in [6, 6.07) is 7.79. The molecule has 11 heavy (non-hydrogen) atoms. The van der Waals surface area contributed by atoms with E-state index in [1.165, 1.54) is 0 Å². The highest BCUT2D eigenvalue weighted by Crippen LogP contribution is 2.10. The van der Waals surface area contributed by atoms with Gasteiger partial charge in [0, 0.05) is 11.6 Å². The number of benzene rings is 1. The lowest BCUT2D eigenvalue weighted by Crippen LogP contribution is -2.04. The highest BCUT2D eigenvalue weighted by Gasteiger charge is 1.97. The standard InChI is InChI=1S/C10H11N/c1-3-9-5-4-6-10(7-9)8(2)11/h1,4-8H,11H2,2H3/t8-/m0/s1. The van der Waals surface area contributed by atoms with Crippen LogP contribution in [0.5, 0.6) is 0 Å². The molecule has 56 valence electrons. The fourth-order valence-corrected chi connectivity index (χ4v) is 0.912. The molecule has 0 fully saturated rings. The van der Waals surface area contributed by atoms with E-state index in [1.54, 1.807) is 0 Å². The van der Waals surface area contributed by atoms with Gasteiger partial charge >= 0.3 is 0 Å². The van der Waals surface area contributed by atoms with E-state index in [-0.39, 0.29) is 6.04 Å². The van der Waals surface area contributed by atoms with Crippen LogP contribution in [-0.4, -0.2) is 0 Å². The van der Waals surface area contributed by atoms with Crippen LogP contribution in [0.3, 0.4) is 0 Å². The Labute approximate surface area is 67.2 Å². The van der Waals surface area contributed by atoms with Gasteiger partial charge in [0.2, 0.25) is 0 Å². The first-order valence-corrected chi connectivity index (χ1v) is 3.56. The molecule has 1 atom stereocenters. The van der Waals surface area contributed by atoms with E-state index >= 15 is 0 Å². The van der Waals surface area contributed by atoms with E-state index in [0.29, 0.717) is 0 Å². The van der Waals surface area contributed by atoms with Gasteiger partial charge in [-0.3, -0.25) is 0 Å². The van der Waals surface area contributed by atoms with E-state index in [2.05, 4.69) is 5.92 Å². The molecule has 1 rings (SSSR count). The topological polar surface area (TPSA) is 26.0 Å². The van der Waals surface area contributed by atoms with Crippen molar-refractivity contribution in [3.05, 3.63) is 35.4 Å². The van der Waals surface area contributed by atoms with E-state index in [1.807, 2.05) is 31.2 Å². The van der Waals surface area contributed by atoms with Crippen LogP contribution in [0.1, 0.15) is 24.1 Å². The summed E-state index contributed by atoms with van der Waals surface area (Å²) in [4.78, 5) is 0. The Morgan fingerprint density at radius 2 is 2.27 bits per heavy atom. The van der Waals surface area contributed by atoms with Gasteiger partial charge in [-0.1, -0.05) is 18.1 Å². The average Bonchev–Trinajstić information content (AvgIpc) is 2.05. The largest absolute Gasteiger partial charge is 0.324 e. The molecule has 1 nitrogen and oxygen atoms in total. The highest BCUT2D eigenvalue weighted by atomic mass is 14.6. The number of hydrogen-bond acceptors (Lipinski definition) is 1. The monoisotopic (exact) mass is 145 g/mol. The summed E-state index contributed by atoms with van der Waals surface area (Å²) in [7, 11) is 0. The third-order valence-corrected chi connectivity index (χ3v) is 1.58. The predicted molar refractivity (Wildman–Crippen MR) is 47.0 cm³/mol. The van der Waals surface area contributed by atoms with Crippen LogP contribution in [0, 0.1) is 12.3 Å². The van der Waals surface area contributed by atoms with Gasteiger partial charge in [0.1, 0.15) is 0 Å². The fourth-order valence-electron chi connectivity index (χ4n) is 0.912. The summed E-state index contributed by atoms with van der Waals surface area (Å²) in [6.07, 6.45) is 5.23. The molecule has 0 aromatic heterocycles. The van der Waals surface area contributed by atoms with Crippen LogP contribution >= 0.6 is 0 Å². The molecule has 0 spiro atoms. The summed E-state index contributed by atoms with van der Waals surface area (Å²) in [5.41, 5.74) is 7.64. The van der Waals surface area contributed by atoms with Crippen molar-refractivity contribution in [2.24, 2.45) is 5.73 Å². The second kappa shape index (κ2) is 3.23. The molecule has 1 aromatic rings. The van der Waals surface area contributed by atoms with Gasteiger partial charge in [-0.05, 0) is 24.6 Å². The molecular weight excluding hydrogens is 134 g/mol. The molecule has 0 saturated heterocycles. The zero-order valence-electron chi connectivity index (χ0n) is 6.54. The molecule has 0 unspecified atom stereocenters. The maximum Gasteiger partial charge on any atom is 0.0266 e. The minimum Gasteiger partial charge on any atom is -0.324 e. The molecule has 0 aliphatic carbocycles. The van der Waals surface area contributed by atoms with Gasteiger partial charge in [0.05, 0.1) is 0 Å². The summed E-state index contributed by atoms with van der Waals surface area (Å²) >= 11 is 0. The first-order valence-electron chi connectivity index (χ1n) is 3.56. The van der Waals surface area contributed by atoms with Crippen LogP contribution in [0.15, 0.2) is 24.3 Å². The van der Waals surface area contributed by atoms with Gasteiger partial charge in [0.25, 0.3) is 0 Å². The molecule has 2 N–H and O–H groups in total. The van der Waals surface area contributed by atoms with Crippen LogP contribution in [0.25, 0.3) is 0 Å². The maximum atomic E-state index is 5.67. The van der Waals surface area contributed by atoms with E-state index < -0.39 is 0 Å². The SMILES string of the molecule is C#Cc1cccc([C@H](C)N)c1. The summed E-state index contributed by atoms with van der Waals surface area (Å²) in [5.74, 6) is 2.57. The molecule has 1 aromatic carbocycles. The van der Waals surface area contributed by atoms with E-state index in [4.69, 9.17) is 12.2 Å². The highest BCUT2D eigenvalue weighted by molar-refractivity contribution is 5.36. The van der Waals surface area contributed by atoms with Gasteiger partial charge < -0.3 is 5.73 Å². The third kappa shape index (κ3) is 1.83. The van der Waals surface area contributed by atoms with Crippen molar-refractivity contribution in [3.63, 3.8) is 0 Å². The zero-order valence-corrected chi connectivity index (χ0v) is 6.54. The Balaban J connectivity index is 3.03. The van der Waals surface area contributed by atoms with Gasteiger partial charge in [-0.2, -0.15) is 0 Å². The molecule has 0 radical (unpaired) electrons.